The number of rotatable bonds is 8. The summed E-state index contributed by atoms with van der Waals surface area (Å²) in [6.07, 6.45) is 0.494. The highest BCUT2D eigenvalue weighted by Gasteiger charge is 2.29. The summed E-state index contributed by atoms with van der Waals surface area (Å²) in [7, 11) is 0. The predicted octanol–water partition coefficient (Wildman–Crippen LogP) is 5.79. The second-order valence-corrected chi connectivity index (χ2v) is 8.18. The zero-order valence-electron chi connectivity index (χ0n) is 16.1. The van der Waals surface area contributed by atoms with E-state index < -0.39 is 6.04 Å². The van der Waals surface area contributed by atoms with Gasteiger partial charge in [-0.2, -0.15) is 0 Å². The van der Waals surface area contributed by atoms with Gasteiger partial charge in [0.05, 0.1) is 6.42 Å². The molecule has 2 aromatic rings. The van der Waals surface area contributed by atoms with E-state index in [1.54, 1.807) is 36.4 Å². The molecule has 0 aromatic heterocycles. The zero-order chi connectivity index (χ0) is 21.6. The molecule has 0 spiro atoms. The number of hydrogen-bond acceptors (Lipinski definition) is 2. The molecule has 0 bridgehead atoms. The molecule has 1 unspecified atom stereocenters. The van der Waals surface area contributed by atoms with Crippen molar-refractivity contribution < 1.29 is 9.59 Å². The topological polar surface area (TPSA) is 49.4 Å². The monoisotopic (exact) mass is 474 g/mol. The van der Waals surface area contributed by atoms with Crippen LogP contribution in [-0.4, -0.2) is 29.3 Å². The largest absolute Gasteiger partial charge is 0.355 e. The lowest BCUT2D eigenvalue weighted by molar-refractivity contribution is -0.140. The summed E-state index contributed by atoms with van der Waals surface area (Å²) in [4.78, 5) is 27.4. The van der Waals surface area contributed by atoms with E-state index in [-0.39, 0.29) is 24.8 Å². The van der Waals surface area contributed by atoms with Crippen molar-refractivity contribution in [3.8, 4) is 0 Å². The highest BCUT2D eigenvalue weighted by atomic mass is 35.5. The molecule has 2 amide bonds. The Morgan fingerprint density at radius 1 is 0.931 bits per heavy atom. The van der Waals surface area contributed by atoms with Crippen molar-refractivity contribution in [2.45, 2.75) is 39.3 Å². The molecule has 0 saturated carbocycles. The molecule has 4 nitrogen and oxygen atoms in total. The van der Waals surface area contributed by atoms with E-state index in [4.69, 9.17) is 46.4 Å². The average Bonchev–Trinajstić information content (AvgIpc) is 2.65. The average molecular weight is 476 g/mol. The Morgan fingerprint density at radius 3 is 1.97 bits per heavy atom. The summed E-state index contributed by atoms with van der Waals surface area (Å²) >= 11 is 24.5. The number of likely N-dealkylation sites (N-methyl/N-ethyl adjacent to an activating group) is 1. The fourth-order valence-corrected chi connectivity index (χ4v) is 3.92. The Kier molecular flexibility index (Phi) is 9.09. The summed E-state index contributed by atoms with van der Waals surface area (Å²) in [5, 5.41) is 4.62. The predicted molar refractivity (Wildman–Crippen MR) is 120 cm³/mol. The van der Waals surface area contributed by atoms with Crippen LogP contribution in [0.25, 0.3) is 0 Å². The third kappa shape index (κ3) is 6.51. The Morgan fingerprint density at radius 2 is 1.48 bits per heavy atom. The lowest BCUT2D eigenvalue weighted by atomic mass is 10.1. The highest BCUT2D eigenvalue weighted by molar-refractivity contribution is 6.35. The van der Waals surface area contributed by atoms with Gasteiger partial charge in [-0.05, 0) is 48.7 Å². The van der Waals surface area contributed by atoms with Gasteiger partial charge in [0, 0.05) is 33.2 Å². The third-order valence-electron chi connectivity index (χ3n) is 4.45. The number of hydrogen-bond donors (Lipinski definition) is 1. The minimum absolute atomic E-state index is 0.0388. The molecule has 0 heterocycles. The molecule has 29 heavy (non-hydrogen) atoms. The molecule has 156 valence electrons. The minimum Gasteiger partial charge on any atom is -0.355 e. The number of benzene rings is 2. The maximum Gasteiger partial charge on any atom is 0.242 e. The van der Waals surface area contributed by atoms with Crippen LogP contribution in [0.3, 0.4) is 0 Å². The quantitative estimate of drug-likeness (QED) is 0.525. The fraction of sp³-hybridized carbons (Fsp3) is 0.333. The van der Waals surface area contributed by atoms with Gasteiger partial charge in [-0.1, -0.05) is 65.5 Å². The molecule has 1 atom stereocenters. The third-order valence-corrected chi connectivity index (χ3v) is 5.62. The molecule has 2 aromatic carbocycles. The molecule has 0 fully saturated rings. The van der Waals surface area contributed by atoms with Crippen LogP contribution >= 0.6 is 46.4 Å². The van der Waals surface area contributed by atoms with Crippen LogP contribution in [0.4, 0.5) is 0 Å². The standard InChI is InChI=1S/C21H22Cl4N2O2/c1-3-19(21(29)26-4-2)27(12-14-6-8-16(23)11-18(14)25)20(28)9-13-5-7-15(22)10-17(13)24/h5-8,10-11,19H,3-4,9,12H2,1-2H3,(H,26,29). The van der Waals surface area contributed by atoms with Crippen molar-refractivity contribution in [1.29, 1.82) is 0 Å². The van der Waals surface area contributed by atoms with Gasteiger partial charge in [0.15, 0.2) is 0 Å². The Hall–Kier alpha value is -1.46. The van der Waals surface area contributed by atoms with Gasteiger partial charge in [-0.3, -0.25) is 9.59 Å². The molecular weight excluding hydrogens is 454 g/mol. The number of halogens is 4. The van der Waals surface area contributed by atoms with Crippen molar-refractivity contribution in [1.82, 2.24) is 10.2 Å². The smallest absolute Gasteiger partial charge is 0.242 e. The molecule has 1 N–H and O–H groups in total. The molecule has 0 radical (unpaired) electrons. The second kappa shape index (κ2) is 11.1. The highest BCUT2D eigenvalue weighted by Crippen LogP contribution is 2.26. The van der Waals surface area contributed by atoms with E-state index in [1.807, 2.05) is 13.8 Å². The fourth-order valence-electron chi connectivity index (χ4n) is 2.97. The van der Waals surface area contributed by atoms with Gasteiger partial charge in [0.25, 0.3) is 0 Å². The van der Waals surface area contributed by atoms with Crippen LogP contribution in [0.5, 0.6) is 0 Å². The summed E-state index contributed by atoms with van der Waals surface area (Å²) < 4.78 is 0. The van der Waals surface area contributed by atoms with Crippen molar-refractivity contribution in [3.63, 3.8) is 0 Å². The molecule has 0 saturated heterocycles. The van der Waals surface area contributed by atoms with Crippen LogP contribution in [0.2, 0.25) is 20.1 Å². The summed E-state index contributed by atoms with van der Waals surface area (Å²) in [5.74, 6) is -0.450. The molecule has 0 aliphatic heterocycles. The number of nitrogens with zero attached hydrogens (tertiary/aromatic N) is 1. The summed E-state index contributed by atoms with van der Waals surface area (Å²) in [6.45, 7) is 4.34. The molecule has 0 aliphatic rings. The second-order valence-electron chi connectivity index (χ2n) is 6.49. The molecule has 0 aliphatic carbocycles. The van der Waals surface area contributed by atoms with Gasteiger partial charge in [-0.15, -0.1) is 0 Å². The maximum absolute atomic E-state index is 13.2. The van der Waals surface area contributed by atoms with E-state index in [9.17, 15) is 9.59 Å². The van der Waals surface area contributed by atoms with Gasteiger partial charge in [0.1, 0.15) is 6.04 Å². The first-order valence-corrected chi connectivity index (χ1v) is 10.7. The lowest BCUT2D eigenvalue weighted by Gasteiger charge is -2.31. The molecular formula is C21H22Cl4N2O2. The Labute approximate surface area is 191 Å². The minimum atomic E-state index is -0.639. The van der Waals surface area contributed by atoms with E-state index in [1.165, 1.54) is 4.90 Å². The van der Waals surface area contributed by atoms with Gasteiger partial charge in [-0.25, -0.2) is 0 Å². The first-order valence-electron chi connectivity index (χ1n) is 9.21. The van der Waals surface area contributed by atoms with Crippen LogP contribution in [-0.2, 0) is 22.6 Å². The summed E-state index contributed by atoms with van der Waals surface area (Å²) in [5.41, 5.74) is 1.34. The number of amides is 2. The van der Waals surface area contributed by atoms with E-state index in [0.717, 1.165) is 0 Å². The Balaban J connectivity index is 2.36. The number of carbonyl (C=O) groups is 2. The van der Waals surface area contributed by atoms with Crippen molar-refractivity contribution in [2.24, 2.45) is 0 Å². The van der Waals surface area contributed by atoms with Crippen LogP contribution < -0.4 is 5.32 Å². The first kappa shape index (κ1) is 23.8. The van der Waals surface area contributed by atoms with E-state index in [2.05, 4.69) is 5.32 Å². The van der Waals surface area contributed by atoms with Gasteiger partial charge >= 0.3 is 0 Å². The van der Waals surface area contributed by atoms with Crippen LogP contribution in [0.15, 0.2) is 36.4 Å². The Bertz CT molecular complexity index is 889. The lowest BCUT2D eigenvalue weighted by Crippen LogP contribution is -2.49. The van der Waals surface area contributed by atoms with Crippen molar-refractivity contribution >= 4 is 58.2 Å². The van der Waals surface area contributed by atoms with E-state index in [0.29, 0.717) is 44.2 Å². The van der Waals surface area contributed by atoms with Gasteiger partial charge in [0.2, 0.25) is 11.8 Å². The number of carbonyl (C=O) groups excluding carboxylic acids is 2. The van der Waals surface area contributed by atoms with Gasteiger partial charge < -0.3 is 10.2 Å². The first-order chi connectivity index (χ1) is 13.8. The normalized spacial score (nSPS) is 11.8. The van der Waals surface area contributed by atoms with Crippen LogP contribution in [0.1, 0.15) is 31.4 Å². The molecule has 2 rings (SSSR count). The molecule has 8 heteroatoms. The van der Waals surface area contributed by atoms with E-state index >= 15 is 0 Å². The number of nitrogens with one attached hydrogen (secondary N) is 1. The van der Waals surface area contributed by atoms with Crippen molar-refractivity contribution in [3.05, 3.63) is 67.6 Å². The zero-order valence-corrected chi connectivity index (χ0v) is 19.2. The van der Waals surface area contributed by atoms with Crippen molar-refractivity contribution in [2.75, 3.05) is 6.54 Å². The van der Waals surface area contributed by atoms with Crippen LogP contribution in [0, 0.1) is 0 Å². The SMILES string of the molecule is CCNC(=O)C(CC)N(Cc1ccc(Cl)cc1Cl)C(=O)Cc1ccc(Cl)cc1Cl. The maximum atomic E-state index is 13.2. The summed E-state index contributed by atoms with van der Waals surface area (Å²) in [6, 6.07) is 9.41.